The summed E-state index contributed by atoms with van der Waals surface area (Å²) in [5.41, 5.74) is 3.12. The number of rotatable bonds is 8. The van der Waals surface area contributed by atoms with Gasteiger partial charge in [-0.1, -0.05) is 29.4 Å². The number of aryl methyl sites for hydroxylation is 1. The van der Waals surface area contributed by atoms with Gasteiger partial charge in [-0.15, -0.1) is 0 Å². The number of benzene rings is 1. The van der Waals surface area contributed by atoms with Gasteiger partial charge in [0.2, 0.25) is 17.6 Å². The van der Waals surface area contributed by atoms with Crippen LogP contribution in [-0.4, -0.2) is 25.8 Å². The first-order valence-electron chi connectivity index (χ1n) is 8.93. The Morgan fingerprint density at radius 2 is 2.14 bits per heavy atom. The molecule has 4 aromatic rings. The van der Waals surface area contributed by atoms with Crippen molar-refractivity contribution >= 4 is 17.2 Å². The summed E-state index contributed by atoms with van der Waals surface area (Å²) in [6.07, 6.45) is 4.41. The molecule has 4 rings (SSSR count). The molecule has 1 amide bonds. The van der Waals surface area contributed by atoms with Gasteiger partial charge in [-0.2, -0.15) is 21.4 Å². The Hall–Kier alpha value is -3.26. The van der Waals surface area contributed by atoms with Gasteiger partial charge >= 0.3 is 0 Å². The maximum Gasteiger partial charge on any atom is 0.227 e. The summed E-state index contributed by atoms with van der Waals surface area (Å²) in [6, 6.07) is 12.0. The van der Waals surface area contributed by atoms with Crippen LogP contribution in [0.2, 0.25) is 0 Å². The molecule has 0 saturated heterocycles. The lowest BCUT2D eigenvalue weighted by Crippen LogP contribution is -2.23. The molecule has 28 heavy (non-hydrogen) atoms. The van der Waals surface area contributed by atoms with Gasteiger partial charge in [-0.3, -0.25) is 9.48 Å². The van der Waals surface area contributed by atoms with Crippen LogP contribution in [0.15, 0.2) is 64.1 Å². The smallest absolute Gasteiger partial charge is 0.227 e. The molecule has 142 valence electrons. The average molecular weight is 393 g/mol. The van der Waals surface area contributed by atoms with Crippen molar-refractivity contribution < 1.29 is 9.32 Å². The number of thiophene rings is 1. The van der Waals surface area contributed by atoms with Crippen LogP contribution < -0.4 is 5.32 Å². The minimum Gasteiger partial charge on any atom is -0.352 e. The zero-order valence-corrected chi connectivity index (χ0v) is 15.9. The Morgan fingerprint density at radius 3 is 2.96 bits per heavy atom. The molecule has 7 nitrogen and oxygen atoms in total. The van der Waals surface area contributed by atoms with Crippen molar-refractivity contribution in [2.24, 2.45) is 0 Å². The van der Waals surface area contributed by atoms with E-state index in [-0.39, 0.29) is 5.91 Å². The Morgan fingerprint density at radius 1 is 1.21 bits per heavy atom. The Labute approximate surface area is 166 Å². The largest absolute Gasteiger partial charge is 0.352 e. The molecule has 0 aliphatic heterocycles. The molecule has 0 aliphatic carbocycles. The molecule has 1 N–H and O–H groups in total. The molecule has 0 atom stereocenters. The molecule has 3 aromatic heterocycles. The molecule has 0 fully saturated rings. The predicted molar refractivity (Wildman–Crippen MR) is 106 cm³/mol. The number of aromatic nitrogens is 4. The van der Waals surface area contributed by atoms with Crippen LogP contribution in [0.5, 0.6) is 0 Å². The molecule has 0 spiro atoms. The topological polar surface area (TPSA) is 85.8 Å². The highest BCUT2D eigenvalue weighted by molar-refractivity contribution is 7.08. The second-order valence-corrected chi connectivity index (χ2v) is 7.10. The van der Waals surface area contributed by atoms with Gasteiger partial charge in [0, 0.05) is 42.7 Å². The van der Waals surface area contributed by atoms with Crippen molar-refractivity contribution in [1.82, 2.24) is 25.2 Å². The molecule has 1 aromatic carbocycles. The van der Waals surface area contributed by atoms with Gasteiger partial charge in [-0.05, 0) is 28.6 Å². The van der Waals surface area contributed by atoms with E-state index in [2.05, 4.69) is 26.6 Å². The summed E-state index contributed by atoms with van der Waals surface area (Å²) in [4.78, 5) is 16.5. The Bertz CT molecular complexity index is 1020. The number of hydrogen-bond acceptors (Lipinski definition) is 6. The second kappa shape index (κ2) is 8.62. The van der Waals surface area contributed by atoms with Crippen LogP contribution >= 0.6 is 11.3 Å². The standard InChI is InChI=1S/C20H19N5O2S/c26-18(5-6-19-23-20(24-27-19)17-7-10-28-14-17)21-12-15-3-1-4-16(11-15)13-25-9-2-8-22-25/h1-4,7-11,14H,5-6,12-13H2,(H,21,26). The molecule has 0 unspecified atom stereocenters. The van der Waals surface area contributed by atoms with Gasteiger partial charge in [0.05, 0.1) is 6.54 Å². The van der Waals surface area contributed by atoms with E-state index in [4.69, 9.17) is 4.52 Å². The second-order valence-electron chi connectivity index (χ2n) is 6.32. The quantitative estimate of drug-likeness (QED) is 0.496. The summed E-state index contributed by atoms with van der Waals surface area (Å²) in [7, 11) is 0. The van der Waals surface area contributed by atoms with Crippen molar-refractivity contribution in [1.29, 1.82) is 0 Å². The first-order valence-corrected chi connectivity index (χ1v) is 9.87. The minimum atomic E-state index is -0.0484. The van der Waals surface area contributed by atoms with E-state index in [0.717, 1.165) is 16.7 Å². The van der Waals surface area contributed by atoms with Crippen molar-refractivity contribution in [3.05, 3.63) is 76.6 Å². The van der Waals surface area contributed by atoms with Crippen molar-refractivity contribution in [2.45, 2.75) is 25.9 Å². The van der Waals surface area contributed by atoms with Crippen LogP contribution in [0.3, 0.4) is 0 Å². The van der Waals surface area contributed by atoms with Crippen LogP contribution in [0.1, 0.15) is 23.4 Å². The average Bonchev–Trinajstić information content (AvgIpc) is 3.47. The SMILES string of the molecule is O=C(CCc1nc(-c2ccsc2)no1)NCc1cccc(Cn2cccn2)c1. The lowest BCUT2D eigenvalue weighted by atomic mass is 10.1. The number of nitrogens with one attached hydrogen (secondary N) is 1. The van der Waals surface area contributed by atoms with E-state index < -0.39 is 0 Å². The fraction of sp³-hybridized carbons (Fsp3) is 0.200. The van der Waals surface area contributed by atoms with Crippen LogP contribution in [0, 0.1) is 0 Å². The Kier molecular flexibility index (Phi) is 5.58. The number of hydrogen-bond donors (Lipinski definition) is 1. The number of carbonyl (C=O) groups is 1. The zero-order valence-electron chi connectivity index (χ0n) is 15.1. The third kappa shape index (κ3) is 4.72. The Balaban J connectivity index is 1.25. The van der Waals surface area contributed by atoms with E-state index in [9.17, 15) is 4.79 Å². The van der Waals surface area contributed by atoms with E-state index >= 15 is 0 Å². The number of nitrogens with zero attached hydrogens (tertiary/aromatic N) is 4. The molecule has 0 aliphatic rings. The molecule has 0 radical (unpaired) electrons. The maximum atomic E-state index is 12.2. The van der Waals surface area contributed by atoms with Gasteiger partial charge < -0.3 is 9.84 Å². The molecular formula is C20H19N5O2S. The van der Waals surface area contributed by atoms with Crippen molar-refractivity contribution in [3.8, 4) is 11.4 Å². The molecule has 3 heterocycles. The summed E-state index contributed by atoms with van der Waals surface area (Å²) in [5.74, 6) is 0.982. The minimum absolute atomic E-state index is 0.0484. The van der Waals surface area contributed by atoms with Gasteiger partial charge in [-0.25, -0.2) is 0 Å². The third-order valence-corrected chi connectivity index (χ3v) is 4.88. The molecule has 0 bridgehead atoms. The lowest BCUT2D eigenvalue weighted by molar-refractivity contribution is -0.121. The number of amides is 1. The molecular weight excluding hydrogens is 374 g/mol. The summed E-state index contributed by atoms with van der Waals surface area (Å²) in [5, 5.41) is 15.0. The molecule has 0 saturated carbocycles. The highest BCUT2D eigenvalue weighted by Gasteiger charge is 2.11. The first kappa shape index (κ1) is 18.1. The predicted octanol–water partition coefficient (Wildman–Crippen LogP) is 3.29. The lowest BCUT2D eigenvalue weighted by Gasteiger charge is -2.07. The van der Waals surface area contributed by atoms with Gasteiger partial charge in [0.25, 0.3) is 0 Å². The fourth-order valence-corrected chi connectivity index (χ4v) is 3.43. The number of carbonyl (C=O) groups excluding carboxylic acids is 1. The van der Waals surface area contributed by atoms with Gasteiger partial charge in [0.15, 0.2) is 0 Å². The van der Waals surface area contributed by atoms with Crippen LogP contribution in [-0.2, 0) is 24.3 Å². The van der Waals surface area contributed by atoms with E-state index in [1.54, 1.807) is 17.5 Å². The van der Waals surface area contributed by atoms with Crippen LogP contribution in [0.25, 0.3) is 11.4 Å². The normalized spacial score (nSPS) is 10.9. The van der Waals surface area contributed by atoms with E-state index in [0.29, 0.717) is 37.6 Å². The monoisotopic (exact) mass is 393 g/mol. The van der Waals surface area contributed by atoms with E-state index in [1.165, 1.54) is 0 Å². The molecule has 8 heteroatoms. The van der Waals surface area contributed by atoms with Gasteiger partial charge in [0.1, 0.15) is 0 Å². The maximum absolute atomic E-state index is 12.2. The fourth-order valence-electron chi connectivity index (χ4n) is 2.79. The van der Waals surface area contributed by atoms with Crippen molar-refractivity contribution in [3.63, 3.8) is 0 Å². The summed E-state index contributed by atoms with van der Waals surface area (Å²) < 4.78 is 7.09. The van der Waals surface area contributed by atoms with E-state index in [1.807, 2.05) is 52.0 Å². The highest BCUT2D eigenvalue weighted by Crippen LogP contribution is 2.19. The highest BCUT2D eigenvalue weighted by atomic mass is 32.1. The summed E-state index contributed by atoms with van der Waals surface area (Å²) in [6.45, 7) is 1.19. The van der Waals surface area contributed by atoms with Crippen LogP contribution in [0.4, 0.5) is 0 Å². The third-order valence-electron chi connectivity index (χ3n) is 4.20. The first-order chi connectivity index (χ1) is 13.8. The van der Waals surface area contributed by atoms with Crippen molar-refractivity contribution in [2.75, 3.05) is 0 Å². The summed E-state index contributed by atoms with van der Waals surface area (Å²) >= 11 is 1.58. The zero-order chi connectivity index (χ0) is 19.2.